The minimum atomic E-state index is -1.09. The Morgan fingerprint density at radius 1 is 1.17 bits per heavy atom. The van der Waals surface area contributed by atoms with Crippen molar-refractivity contribution in [2.45, 2.75) is 45.1 Å². The van der Waals surface area contributed by atoms with Crippen LogP contribution in [0.2, 0.25) is 0 Å². The second-order valence-corrected chi connectivity index (χ2v) is 6.51. The summed E-state index contributed by atoms with van der Waals surface area (Å²) in [5, 5.41) is 11.1. The van der Waals surface area contributed by atoms with Gasteiger partial charge in [0, 0.05) is 5.92 Å². The van der Waals surface area contributed by atoms with Gasteiger partial charge in [0.15, 0.2) is 0 Å². The Morgan fingerprint density at radius 3 is 2.50 bits per heavy atom. The van der Waals surface area contributed by atoms with Gasteiger partial charge >= 0.3 is 5.97 Å². The highest BCUT2D eigenvalue weighted by Gasteiger charge is 2.50. The highest BCUT2D eigenvalue weighted by Crippen LogP contribution is 2.52. The van der Waals surface area contributed by atoms with Gasteiger partial charge in [-0.25, -0.2) is 4.79 Å². The third kappa shape index (κ3) is 2.63. The zero-order chi connectivity index (χ0) is 17.3. The average Bonchev–Trinajstić information content (AvgIpc) is 2.64. The van der Waals surface area contributed by atoms with Crippen LogP contribution < -0.4 is 0 Å². The number of benzene rings is 2. The molecular weight excluding hydrogens is 300 g/mol. The van der Waals surface area contributed by atoms with E-state index >= 15 is 0 Å². The monoisotopic (exact) mass is 324 g/mol. The van der Waals surface area contributed by atoms with E-state index in [1.165, 1.54) is 11.1 Å². The van der Waals surface area contributed by atoms with Gasteiger partial charge in [-0.2, -0.15) is 0 Å². The standard InChI is InChI=1S/C21H24O3/c1-4-15-11-16(5-2)19-18(12-15)14(3)21(19,23)13-24-20(22)17-9-7-6-8-10-17/h6-12,14,23H,4-5,13H2,1-3H3/t14-,21+/m1/s1. The molecule has 3 nitrogen and oxygen atoms in total. The normalized spacial score (nSPS) is 21.8. The molecule has 0 heterocycles. The summed E-state index contributed by atoms with van der Waals surface area (Å²) in [7, 11) is 0. The summed E-state index contributed by atoms with van der Waals surface area (Å²) in [4.78, 5) is 12.2. The molecule has 3 heteroatoms. The van der Waals surface area contributed by atoms with E-state index in [9.17, 15) is 9.90 Å². The molecule has 2 atom stereocenters. The summed E-state index contributed by atoms with van der Waals surface area (Å²) < 4.78 is 5.43. The van der Waals surface area contributed by atoms with Crippen LogP contribution in [0.1, 0.15) is 59.3 Å². The van der Waals surface area contributed by atoms with E-state index in [1.54, 1.807) is 24.3 Å². The quantitative estimate of drug-likeness (QED) is 0.847. The molecule has 126 valence electrons. The number of aliphatic hydroxyl groups is 1. The van der Waals surface area contributed by atoms with Crippen LogP contribution in [0.3, 0.4) is 0 Å². The molecule has 0 aliphatic heterocycles. The van der Waals surface area contributed by atoms with Gasteiger partial charge in [-0.15, -0.1) is 0 Å². The van der Waals surface area contributed by atoms with E-state index in [0.29, 0.717) is 5.56 Å². The molecule has 0 bridgehead atoms. The number of fused-ring (bicyclic) bond motifs is 1. The van der Waals surface area contributed by atoms with Gasteiger partial charge in [-0.1, -0.05) is 51.1 Å². The third-order valence-corrected chi connectivity index (χ3v) is 5.15. The molecule has 0 unspecified atom stereocenters. The van der Waals surface area contributed by atoms with E-state index in [4.69, 9.17) is 4.74 Å². The van der Waals surface area contributed by atoms with Gasteiger partial charge < -0.3 is 9.84 Å². The van der Waals surface area contributed by atoms with Crippen molar-refractivity contribution in [1.29, 1.82) is 0 Å². The van der Waals surface area contributed by atoms with Crippen LogP contribution in [0.15, 0.2) is 42.5 Å². The molecule has 2 aromatic rings. The number of ether oxygens (including phenoxy) is 1. The van der Waals surface area contributed by atoms with Crippen molar-refractivity contribution in [3.63, 3.8) is 0 Å². The van der Waals surface area contributed by atoms with Crippen molar-refractivity contribution in [1.82, 2.24) is 0 Å². The Hall–Kier alpha value is -2.13. The number of aryl methyl sites for hydroxylation is 2. The molecule has 2 aromatic carbocycles. The van der Waals surface area contributed by atoms with Gasteiger partial charge in [0.25, 0.3) is 0 Å². The summed E-state index contributed by atoms with van der Waals surface area (Å²) in [5.74, 6) is -0.430. The fourth-order valence-corrected chi connectivity index (χ4v) is 3.57. The highest BCUT2D eigenvalue weighted by molar-refractivity contribution is 5.89. The van der Waals surface area contributed by atoms with E-state index in [-0.39, 0.29) is 12.5 Å². The molecular formula is C21H24O3. The Kier molecular flexibility index (Phi) is 4.46. The minimum Gasteiger partial charge on any atom is -0.459 e. The number of carbonyl (C=O) groups is 1. The predicted molar refractivity (Wildman–Crippen MR) is 94.2 cm³/mol. The first kappa shape index (κ1) is 16.7. The van der Waals surface area contributed by atoms with Crippen molar-refractivity contribution >= 4 is 5.97 Å². The number of carbonyl (C=O) groups excluding carboxylic acids is 1. The molecule has 1 N–H and O–H groups in total. The van der Waals surface area contributed by atoms with Crippen molar-refractivity contribution in [3.05, 3.63) is 70.3 Å². The molecule has 0 saturated carbocycles. The lowest BCUT2D eigenvalue weighted by molar-refractivity contribution is -0.0706. The van der Waals surface area contributed by atoms with Crippen LogP contribution in [0, 0.1) is 0 Å². The van der Waals surface area contributed by atoms with Crippen LogP contribution in [-0.2, 0) is 23.2 Å². The minimum absolute atomic E-state index is 0.00658. The first-order valence-electron chi connectivity index (χ1n) is 8.62. The van der Waals surface area contributed by atoms with Crippen LogP contribution in [-0.4, -0.2) is 17.7 Å². The smallest absolute Gasteiger partial charge is 0.338 e. The fourth-order valence-electron chi connectivity index (χ4n) is 3.57. The largest absolute Gasteiger partial charge is 0.459 e. The molecule has 0 spiro atoms. The average molecular weight is 324 g/mol. The van der Waals surface area contributed by atoms with Gasteiger partial charge in [0.05, 0.1) is 5.56 Å². The summed E-state index contributed by atoms with van der Waals surface area (Å²) in [6.07, 6.45) is 1.84. The van der Waals surface area contributed by atoms with Gasteiger partial charge in [-0.3, -0.25) is 0 Å². The Bertz CT molecular complexity index is 734. The first-order valence-corrected chi connectivity index (χ1v) is 8.62. The zero-order valence-electron chi connectivity index (χ0n) is 14.5. The SMILES string of the molecule is CCc1cc(CC)c2c(c1)[C@@H](C)[C@@]2(O)COC(=O)c1ccccc1. The van der Waals surface area contributed by atoms with Crippen molar-refractivity contribution < 1.29 is 14.6 Å². The summed E-state index contributed by atoms with van der Waals surface area (Å²) in [6, 6.07) is 13.2. The van der Waals surface area contributed by atoms with E-state index in [2.05, 4.69) is 26.0 Å². The van der Waals surface area contributed by atoms with Crippen LogP contribution in [0.4, 0.5) is 0 Å². The first-order chi connectivity index (χ1) is 11.5. The van der Waals surface area contributed by atoms with Crippen molar-refractivity contribution in [3.8, 4) is 0 Å². The lowest BCUT2D eigenvalue weighted by Gasteiger charge is -2.47. The lowest BCUT2D eigenvalue weighted by Crippen LogP contribution is -2.47. The maximum Gasteiger partial charge on any atom is 0.338 e. The van der Waals surface area contributed by atoms with Gasteiger partial charge in [-0.05, 0) is 47.2 Å². The number of esters is 1. The van der Waals surface area contributed by atoms with Crippen molar-refractivity contribution in [2.75, 3.05) is 6.61 Å². The molecule has 1 aliphatic rings. The third-order valence-electron chi connectivity index (χ3n) is 5.15. The van der Waals surface area contributed by atoms with E-state index < -0.39 is 11.6 Å². The molecule has 24 heavy (non-hydrogen) atoms. The maximum atomic E-state index is 12.2. The predicted octanol–water partition coefficient (Wildman–Crippen LogP) is 3.97. The number of hydrogen-bond acceptors (Lipinski definition) is 3. The second kappa shape index (κ2) is 6.40. The Balaban J connectivity index is 1.83. The molecule has 0 saturated heterocycles. The molecule has 0 radical (unpaired) electrons. The second-order valence-electron chi connectivity index (χ2n) is 6.51. The van der Waals surface area contributed by atoms with Crippen LogP contribution >= 0.6 is 0 Å². The summed E-state index contributed by atoms with van der Waals surface area (Å²) in [6.45, 7) is 6.22. The molecule has 3 rings (SSSR count). The highest BCUT2D eigenvalue weighted by atomic mass is 16.5. The molecule has 0 aromatic heterocycles. The zero-order valence-corrected chi connectivity index (χ0v) is 14.5. The Labute approximate surface area is 143 Å². The fraction of sp³-hybridized carbons (Fsp3) is 0.381. The number of hydrogen-bond donors (Lipinski definition) is 1. The topological polar surface area (TPSA) is 46.5 Å². The van der Waals surface area contributed by atoms with E-state index in [1.807, 2.05) is 13.0 Å². The summed E-state index contributed by atoms with van der Waals surface area (Å²) >= 11 is 0. The van der Waals surface area contributed by atoms with Gasteiger partial charge in [0.1, 0.15) is 12.2 Å². The maximum absolute atomic E-state index is 12.2. The number of rotatable bonds is 5. The molecule has 1 aliphatic carbocycles. The van der Waals surface area contributed by atoms with Crippen LogP contribution in [0.5, 0.6) is 0 Å². The molecule has 0 amide bonds. The summed E-state index contributed by atoms with van der Waals surface area (Å²) in [5.41, 5.74) is 4.00. The van der Waals surface area contributed by atoms with E-state index in [0.717, 1.165) is 24.0 Å². The molecule has 0 fully saturated rings. The Morgan fingerprint density at radius 2 is 1.88 bits per heavy atom. The lowest BCUT2D eigenvalue weighted by atomic mass is 9.63. The van der Waals surface area contributed by atoms with Crippen molar-refractivity contribution in [2.24, 2.45) is 0 Å². The van der Waals surface area contributed by atoms with Gasteiger partial charge in [0.2, 0.25) is 0 Å². The van der Waals surface area contributed by atoms with Crippen LogP contribution in [0.25, 0.3) is 0 Å².